The van der Waals surface area contributed by atoms with Crippen LogP contribution in [0.4, 0.5) is 0 Å². The second-order valence-corrected chi connectivity index (χ2v) is 5.20. The van der Waals surface area contributed by atoms with Crippen LogP contribution in [0.5, 0.6) is 5.75 Å². The molecule has 0 bridgehead atoms. The Morgan fingerprint density at radius 2 is 2.21 bits per heavy atom. The highest BCUT2D eigenvalue weighted by Gasteiger charge is 2.31. The van der Waals surface area contributed by atoms with Gasteiger partial charge in [-0.15, -0.1) is 0 Å². The van der Waals surface area contributed by atoms with Gasteiger partial charge in [0.25, 0.3) is 5.91 Å². The Morgan fingerprint density at radius 3 is 2.84 bits per heavy atom. The Labute approximate surface area is 114 Å². The minimum atomic E-state index is -0.108. The Morgan fingerprint density at radius 1 is 1.47 bits per heavy atom. The molecule has 0 saturated carbocycles. The number of nitrogens with zero attached hydrogens (tertiary/aromatic N) is 1. The fraction of sp³-hybridized carbons (Fsp3) is 0.533. The van der Waals surface area contributed by atoms with E-state index in [1.165, 1.54) is 0 Å². The third-order valence-corrected chi connectivity index (χ3v) is 4.07. The summed E-state index contributed by atoms with van der Waals surface area (Å²) in [5.74, 6) is 0.589. The SMILES string of the molecule is CCC1CCN(C(=O)c2ccccc2O)C(CN)C1. The molecule has 1 heterocycles. The average Bonchev–Trinajstić information content (AvgIpc) is 2.46. The Bertz CT molecular complexity index is 448. The smallest absolute Gasteiger partial charge is 0.257 e. The van der Waals surface area contributed by atoms with Crippen molar-refractivity contribution in [3.63, 3.8) is 0 Å². The molecule has 19 heavy (non-hydrogen) atoms. The molecule has 0 radical (unpaired) electrons. The summed E-state index contributed by atoms with van der Waals surface area (Å²) in [6.07, 6.45) is 3.12. The molecule has 1 aromatic carbocycles. The molecule has 1 amide bonds. The molecule has 1 aliphatic rings. The first-order valence-electron chi connectivity index (χ1n) is 6.96. The summed E-state index contributed by atoms with van der Waals surface area (Å²) in [7, 11) is 0. The van der Waals surface area contributed by atoms with E-state index >= 15 is 0 Å². The molecule has 0 aliphatic carbocycles. The highest BCUT2D eigenvalue weighted by molar-refractivity contribution is 5.97. The maximum Gasteiger partial charge on any atom is 0.257 e. The van der Waals surface area contributed by atoms with E-state index < -0.39 is 0 Å². The van der Waals surface area contributed by atoms with Gasteiger partial charge in [-0.25, -0.2) is 0 Å². The zero-order valence-corrected chi connectivity index (χ0v) is 11.4. The number of amides is 1. The van der Waals surface area contributed by atoms with Gasteiger partial charge < -0.3 is 15.7 Å². The number of likely N-dealkylation sites (tertiary alicyclic amines) is 1. The molecular weight excluding hydrogens is 240 g/mol. The number of carbonyl (C=O) groups excluding carboxylic acids is 1. The van der Waals surface area contributed by atoms with E-state index in [0.29, 0.717) is 18.0 Å². The monoisotopic (exact) mass is 262 g/mol. The minimum Gasteiger partial charge on any atom is -0.507 e. The van der Waals surface area contributed by atoms with E-state index in [-0.39, 0.29) is 17.7 Å². The van der Waals surface area contributed by atoms with E-state index in [9.17, 15) is 9.90 Å². The van der Waals surface area contributed by atoms with Crippen LogP contribution < -0.4 is 5.73 Å². The largest absolute Gasteiger partial charge is 0.507 e. The number of rotatable bonds is 3. The average molecular weight is 262 g/mol. The molecule has 1 saturated heterocycles. The van der Waals surface area contributed by atoms with Gasteiger partial charge in [-0.3, -0.25) is 4.79 Å². The third-order valence-electron chi connectivity index (χ3n) is 4.07. The second kappa shape index (κ2) is 6.06. The van der Waals surface area contributed by atoms with Crippen molar-refractivity contribution in [3.8, 4) is 5.75 Å². The van der Waals surface area contributed by atoms with E-state index in [4.69, 9.17) is 5.73 Å². The van der Waals surface area contributed by atoms with Gasteiger partial charge in [-0.2, -0.15) is 0 Å². The topological polar surface area (TPSA) is 66.6 Å². The number of hydrogen-bond donors (Lipinski definition) is 2. The fourth-order valence-corrected chi connectivity index (χ4v) is 2.80. The molecule has 104 valence electrons. The number of carbonyl (C=O) groups is 1. The van der Waals surface area contributed by atoms with Crippen LogP contribution in [0.3, 0.4) is 0 Å². The van der Waals surface area contributed by atoms with Crippen LogP contribution in [-0.2, 0) is 0 Å². The maximum atomic E-state index is 12.5. The summed E-state index contributed by atoms with van der Waals surface area (Å²) in [6, 6.07) is 6.78. The lowest BCUT2D eigenvalue weighted by Crippen LogP contribution is -2.49. The highest BCUT2D eigenvalue weighted by Crippen LogP contribution is 2.28. The summed E-state index contributed by atoms with van der Waals surface area (Å²) in [5.41, 5.74) is 6.18. The molecule has 4 nitrogen and oxygen atoms in total. The first-order valence-corrected chi connectivity index (χ1v) is 6.96. The highest BCUT2D eigenvalue weighted by atomic mass is 16.3. The van der Waals surface area contributed by atoms with Crippen molar-refractivity contribution in [2.75, 3.05) is 13.1 Å². The predicted octanol–water partition coefficient (Wildman–Crippen LogP) is 1.98. The van der Waals surface area contributed by atoms with Crippen LogP contribution in [0.15, 0.2) is 24.3 Å². The summed E-state index contributed by atoms with van der Waals surface area (Å²) in [6.45, 7) is 3.39. The lowest BCUT2D eigenvalue weighted by molar-refractivity contribution is 0.0555. The van der Waals surface area contributed by atoms with Crippen LogP contribution in [-0.4, -0.2) is 35.0 Å². The molecule has 1 aromatic rings. The predicted molar refractivity (Wildman–Crippen MR) is 75.0 cm³/mol. The third kappa shape index (κ3) is 2.89. The minimum absolute atomic E-state index is 0.0425. The number of benzene rings is 1. The van der Waals surface area contributed by atoms with Crippen LogP contribution in [0, 0.1) is 5.92 Å². The number of para-hydroxylation sites is 1. The van der Waals surface area contributed by atoms with Gasteiger partial charge in [0.05, 0.1) is 5.56 Å². The van der Waals surface area contributed by atoms with Crippen molar-refractivity contribution in [1.82, 2.24) is 4.90 Å². The molecular formula is C15H22N2O2. The number of nitrogens with two attached hydrogens (primary N) is 1. The van der Waals surface area contributed by atoms with Crippen molar-refractivity contribution in [1.29, 1.82) is 0 Å². The molecule has 3 N–H and O–H groups in total. The van der Waals surface area contributed by atoms with Gasteiger partial charge >= 0.3 is 0 Å². The van der Waals surface area contributed by atoms with Gasteiger partial charge in [0.1, 0.15) is 5.75 Å². The molecule has 2 atom stereocenters. The van der Waals surface area contributed by atoms with Crippen molar-refractivity contribution >= 4 is 5.91 Å². The Hall–Kier alpha value is -1.55. The molecule has 0 aromatic heterocycles. The number of piperidine rings is 1. The molecule has 4 heteroatoms. The standard InChI is InChI=1S/C15H22N2O2/c1-2-11-7-8-17(12(9-11)10-16)15(19)13-5-3-4-6-14(13)18/h3-6,11-12,18H,2,7-10,16H2,1H3. The number of aromatic hydroxyl groups is 1. The maximum absolute atomic E-state index is 12.5. The van der Waals surface area contributed by atoms with E-state index in [2.05, 4.69) is 6.92 Å². The normalized spacial score (nSPS) is 23.4. The number of phenols is 1. The Kier molecular flexibility index (Phi) is 4.43. The summed E-state index contributed by atoms with van der Waals surface area (Å²) >= 11 is 0. The quantitative estimate of drug-likeness (QED) is 0.875. The van der Waals surface area contributed by atoms with E-state index in [0.717, 1.165) is 25.8 Å². The van der Waals surface area contributed by atoms with Crippen LogP contribution in [0.2, 0.25) is 0 Å². The zero-order chi connectivity index (χ0) is 13.8. The zero-order valence-electron chi connectivity index (χ0n) is 11.4. The van der Waals surface area contributed by atoms with Gasteiger partial charge in [0, 0.05) is 19.1 Å². The molecule has 2 unspecified atom stereocenters. The number of hydrogen-bond acceptors (Lipinski definition) is 3. The summed E-state index contributed by atoms with van der Waals surface area (Å²) in [5, 5.41) is 9.79. The first kappa shape index (κ1) is 13.9. The van der Waals surface area contributed by atoms with Crippen LogP contribution in [0.25, 0.3) is 0 Å². The van der Waals surface area contributed by atoms with E-state index in [1.807, 2.05) is 4.90 Å². The van der Waals surface area contributed by atoms with Gasteiger partial charge in [-0.05, 0) is 30.9 Å². The lowest BCUT2D eigenvalue weighted by atomic mass is 9.88. The number of phenolic OH excluding ortho intramolecular Hbond substituents is 1. The van der Waals surface area contributed by atoms with Crippen LogP contribution >= 0.6 is 0 Å². The first-order chi connectivity index (χ1) is 9.17. The van der Waals surface area contributed by atoms with Crippen molar-refractivity contribution in [3.05, 3.63) is 29.8 Å². The summed E-state index contributed by atoms with van der Waals surface area (Å²) in [4.78, 5) is 14.3. The van der Waals surface area contributed by atoms with Crippen molar-refractivity contribution < 1.29 is 9.90 Å². The van der Waals surface area contributed by atoms with Gasteiger partial charge in [-0.1, -0.05) is 25.5 Å². The van der Waals surface area contributed by atoms with Crippen LogP contribution in [0.1, 0.15) is 36.5 Å². The molecule has 0 spiro atoms. The van der Waals surface area contributed by atoms with Gasteiger partial charge in [0.2, 0.25) is 0 Å². The molecule has 1 fully saturated rings. The van der Waals surface area contributed by atoms with Gasteiger partial charge in [0.15, 0.2) is 0 Å². The molecule has 2 rings (SSSR count). The van der Waals surface area contributed by atoms with E-state index in [1.54, 1.807) is 24.3 Å². The summed E-state index contributed by atoms with van der Waals surface area (Å²) < 4.78 is 0. The van der Waals surface area contributed by atoms with Crippen molar-refractivity contribution in [2.45, 2.75) is 32.2 Å². The van der Waals surface area contributed by atoms with Crippen molar-refractivity contribution in [2.24, 2.45) is 11.7 Å². The molecule has 1 aliphatic heterocycles. The Balaban J connectivity index is 2.17. The fourth-order valence-electron chi connectivity index (χ4n) is 2.80. The second-order valence-electron chi connectivity index (χ2n) is 5.20. The lowest BCUT2D eigenvalue weighted by Gasteiger charge is -2.39.